The van der Waals surface area contributed by atoms with Crippen LogP contribution in [0.25, 0.3) is 16.6 Å². The molecule has 0 radical (unpaired) electrons. The Hall–Kier alpha value is -2.77. The van der Waals surface area contributed by atoms with Crippen LogP contribution in [-0.2, 0) is 17.9 Å². The Labute approximate surface area is 201 Å². The maximum absolute atomic E-state index is 12.2. The van der Waals surface area contributed by atoms with E-state index in [1.54, 1.807) is 23.4 Å². The molecule has 0 saturated heterocycles. The Balaban J connectivity index is 1.31. The van der Waals surface area contributed by atoms with Gasteiger partial charge in [0.1, 0.15) is 5.82 Å². The molecule has 0 spiro atoms. The lowest BCUT2D eigenvalue weighted by Crippen LogP contribution is -2.27. The zero-order valence-corrected chi connectivity index (χ0v) is 19.9. The number of carbonyl (C=O) groups is 1. The van der Waals surface area contributed by atoms with Crippen LogP contribution in [0.1, 0.15) is 66.5 Å². The molecule has 1 amide bonds. The molecule has 8 heteroatoms. The maximum Gasteiger partial charge on any atom is 0.220 e. The van der Waals surface area contributed by atoms with E-state index in [2.05, 4.69) is 43.4 Å². The number of carbonyl (C=O) groups excluding carboxylic acids is 1. The predicted molar refractivity (Wildman–Crippen MR) is 130 cm³/mol. The first-order chi connectivity index (χ1) is 16.1. The lowest BCUT2D eigenvalue weighted by atomic mass is 9.80. The first kappa shape index (κ1) is 20.8. The number of aromatic nitrogens is 4. The summed E-state index contributed by atoms with van der Waals surface area (Å²) in [5, 5.41) is 11.2. The van der Waals surface area contributed by atoms with Gasteiger partial charge < -0.3 is 4.90 Å². The van der Waals surface area contributed by atoms with Crippen LogP contribution in [0.2, 0.25) is 5.02 Å². The molecule has 1 saturated carbocycles. The molecule has 0 N–H and O–H groups in total. The molecule has 0 unspecified atom stereocenters. The molecule has 0 atom stereocenters. The zero-order chi connectivity index (χ0) is 22.5. The summed E-state index contributed by atoms with van der Waals surface area (Å²) in [5.41, 5.74) is 3.17. The van der Waals surface area contributed by atoms with Gasteiger partial charge in [0.15, 0.2) is 5.82 Å². The average molecular weight is 478 g/mol. The predicted octanol–water partition coefficient (Wildman–Crippen LogP) is 5.83. The van der Waals surface area contributed by atoms with Crippen LogP contribution < -0.4 is 0 Å². The molecule has 6 nitrogen and oxygen atoms in total. The van der Waals surface area contributed by atoms with Crippen LogP contribution in [0.3, 0.4) is 0 Å². The molecular weight excluding hydrogens is 454 g/mol. The van der Waals surface area contributed by atoms with E-state index in [4.69, 9.17) is 11.6 Å². The van der Waals surface area contributed by atoms with Crippen molar-refractivity contribution in [2.24, 2.45) is 0 Å². The van der Waals surface area contributed by atoms with Crippen LogP contribution in [0.5, 0.6) is 0 Å². The highest BCUT2D eigenvalue weighted by atomic mass is 35.5. The Morgan fingerprint density at radius 3 is 2.64 bits per heavy atom. The lowest BCUT2D eigenvalue weighted by Gasteiger charge is -2.28. The van der Waals surface area contributed by atoms with Crippen molar-refractivity contribution < 1.29 is 4.79 Å². The molecule has 168 valence electrons. The second-order valence-corrected chi connectivity index (χ2v) is 10.3. The van der Waals surface area contributed by atoms with Gasteiger partial charge in [-0.05, 0) is 73.0 Å². The molecule has 4 aromatic rings. The van der Waals surface area contributed by atoms with E-state index in [9.17, 15) is 4.79 Å². The highest BCUT2D eigenvalue weighted by molar-refractivity contribution is 7.07. The SMILES string of the molecule is CC(=O)N1Cc2cc(Cl)ccc2-n2c(nnc2[C@H]2CC[C@H](c3snc4ccccc43)CC2)C1. The lowest BCUT2D eigenvalue weighted by molar-refractivity contribution is -0.130. The fourth-order valence-corrected chi connectivity index (χ4v) is 6.54. The van der Waals surface area contributed by atoms with Crippen LogP contribution in [-0.4, -0.2) is 29.9 Å². The number of nitrogens with zero attached hydrogens (tertiary/aromatic N) is 5. The van der Waals surface area contributed by atoms with Crippen molar-refractivity contribution in [2.45, 2.75) is 57.5 Å². The van der Waals surface area contributed by atoms with Crippen LogP contribution in [0, 0.1) is 0 Å². The molecule has 1 aliphatic heterocycles. The molecule has 0 bridgehead atoms. The topological polar surface area (TPSA) is 63.9 Å². The Kier molecular flexibility index (Phi) is 5.18. The van der Waals surface area contributed by atoms with Crippen molar-refractivity contribution in [1.82, 2.24) is 24.0 Å². The number of rotatable bonds is 2. The quantitative estimate of drug-likeness (QED) is 0.364. The summed E-state index contributed by atoms with van der Waals surface area (Å²) in [5.74, 6) is 2.73. The first-order valence-corrected chi connectivity index (χ1v) is 12.6. The Bertz CT molecular complexity index is 1350. The van der Waals surface area contributed by atoms with Gasteiger partial charge in [-0.3, -0.25) is 9.36 Å². The minimum absolute atomic E-state index is 0.0243. The zero-order valence-electron chi connectivity index (χ0n) is 18.4. The second kappa shape index (κ2) is 8.22. The normalized spacial score (nSPS) is 20.4. The summed E-state index contributed by atoms with van der Waals surface area (Å²) in [6.07, 6.45) is 4.36. The van der Waals surface area contributed by atoms with Crippen molar-refractivity contribution in [1.29, 1.82) is 0 Å². The van der Waals surface area contributed by atoms with Gasteiger partial charge in [-0.15, -0.1) is 10.2 Å². The van der Waals surface area contributed by atoms with Crippen LogP contribution in [0.4, 0.5) is 0 Å². The van der Waals surface area contributed by atoms with E-state index in [1.165, 1.54) is 10.3 Å². The third kappa shape index (κ3) is 3.63. The van der Waals surface area contributed by atoms with E-state index >= 15 is 0 Å². The first-order valence-electron chi connectivity index (χ1n) is 11.4. The minimum Gasteiger partial charge on any atom is -0.331 e. The minimum atomic E-state index is 0.0243. The van der Waals surface area contributed by atoms with E-state index in [-0.39, 0.29) is 5.91 Å². The van der Waals surface area contributed by atoms with Crippen molar-refractivity contribution in [3.05, 3.63) is 69.6 Å². The number of hydrogen-bond donors (Lipinski definition) is 0. The van der Waals surface area contributed by atoms with Gasteiger partial charge >= 0.3 is 0 Å². The third-order valence-corrected chi connectivity index (χ3v) is 8.32. The largest absolute Gasteiger partial charge is 0.331 e. The fourth-order valence-electron chi connectivity index (χ4n) is 5.33. The average Bonchev–Trinajstić information content (AvgIpc) is 3.39. The van der Waals surface area contributed by atoms with Gasteiger partial charge in [-0.25, -0.2) is 0 Å². The van der Waals surface area contributed by atoms with Gasteiger partial charge in [0, 0.05) is 34.7 Å². The molecular formula is C25H24ClN5OS. The number of halogens is 1. The van der Waals surface area contributed by atoms with Crippen molar-refractivity contribution in [2.75, 3.05) is 0 Å². The number of fused-ring (bicyclic) bond motifs is 4. The Morgan fingerprint density at radius 2 is 1.82 bits per heavy atom. The highest BCUT2D eigenvalue weighted by Gasteiger charge is 2.32. The van der Waals surface area contributed by atoms with E-state index in [1.807, 2.05) is 18.2 Å². The number of amides is 1. The molecule has 1 fully saturated rings. The molecule has 6 rings (SSSR count). The summed E-state index contributed by atoms with van der Waals surface area (Å²) in [6, 6.07) is 14.3. The molecule has 2 aromatic heterocycles. The summed E-state index contributed by atoms with van der Waals surface area (Å²) < 4.78 is 6.84. The third-order valence-electron chi connectivity index (χ3n) is 7.05. The van der Waals surface area contributed by atoms with E-state index < -0.39 is 0 Å². The van der Waals surface area contributed by atoms with Gasteiger partial charge in [-0.2, -0.15) is 4.37 Å². The van der Waals surface area contributed by atoms with Gasteiger partial charge in [0.05, 0.1) is 17.7 Å². The monoisotopic (exact) mass is 477 g/mol. The fraction of sp³-hybridized carbons (Fsp3) is 0.360. The smallest absolute Gasteiger partial charge is 0.220 e. The second-order valence-electron chi connectivity index (χ2n) is 9.07. The van der Waals surface area contributed by atoms with Crippen molar-refractivity contribution in [3.63, 3.8) is 0 Å². The molecule has 33 heavy (non-hydrogen) atoms. The highest BCUT2D eigenvalue weighted by Crippen LogP contribution is 2.44. The number of benzene rings is 2. The van der Waals surface area contributed by atoms with E-state index in [0.29, 0.717) is 29.9 Å². The van der Waals surface area contributed by atoms with Gasteiger partial charge in [0.25, 0.3) is 0 Å². The maximum atomic E-state index is 12.2. The summed E-state index contributed by atoms with van der Waals surface area (Å²) >= 11 is 7.96. The standard InChI is InChI=1S/C25H24ClN5OS/c1-15(32)30-13-18-12-19(26)10-11-22(18)31-23(14-30)27-28-25(31)17-8-6-16(7-9-17)24-20-4-2-3-5-21(20)29-33-24/h2-5,10-12,16-17H,6-9,13-14H2,1H3/t16-,17-. The molecule has 1 aliphatic carbocycles. The molecule has 2 aromatic carbocycles. The van der Waals surface area contributed by atoms with Crippen LogP contribution in [0.15, 0.2) is 42.5 Å². The molecule has 3 heterocycles. The number of hydrogen-bond acceptors (Lipinski definition) is 5. The summed E-state index contributed by atoms with van der Waals surface area (Å²) in [7, 11) is 0. The van der Waals surface area contributed by atoms with Crippen molar-refractivity contribution >= 4 is 39.9 Å². The molecule has 2 aliphatic rings. The van der Waals surface area contributed by atoms with Gasteiger partial charge in [0.2, 0.25) is 5.91 Å². The summed E-state index contributed by atoms with van der Waals surface area (Å²) in [6.45, 7) is 2.58. The van der Waals surface area contributed by atoms with Gasteiger partial charge in [-0.1, -0.05) is 29.8 Å². The summed E-state index contributed by atoms with van der Waals surface area (Å²) in [4.78, 5) is 15.5. The van der Waals surface area contributed by atoms with E-state index in [0.717, 1.165) is 54.1 Å². The van der Waals surface area contributed by atoms with Crippen molar-refractivity contribution in [3.8, 4) is 5.69 Å². The van der Waals surface area contributed by atoms with Crippen LogP contribution >= 0.6 is 23.1 Å². The Morgan fingerprint density at radius 1 is 1.03 bits per heavy atom.